The topological polar surface area (TPSA) is 69.6 Å². The van der Waals surface area contributed by atoms with Gasteiger partial charge < -0.3 is 4.90 Å². The quantitative estimate of drug-likeness (QED) is 0.485. The van der Waals surface area contributed by atoms with Crippen molar-refractivity contribution in [3.8, 4) is 0 Å². The fraction of sp³-hybridized carbons (Fsp3) is 0.583. The third-order valence-electron chi connectivity index (χ3n) is 7.27. The van der Waals surface area contributed by atoms with Gasteiger partial charge in [-0.3, -0.25) is 24.4 Å². The predicted molar refractivity (Wildman–Crippen MR) is 123 cm³/mol. The molecule has 2 atom stereocenters. The van der Waals surface area contributed by atoms with E-state index >= 15 is 0 Å². The Morgan fingerprint density at radius 3 is 2.66 bits per heavy atom. The molecule has 2 amide bonds. The van der Waals surface area contributed by atoms with Crippen LogP contribution in [0.25, 0.3) is 0 Å². The first-order valence-electron chi connectivity index (χ1n) is 11.8. The van der Waals surface area contributed by atoms with Crippen LogP contribution in [0.3, 0.4) is 0 Å². The van der Waals surface area contributed by atoms with Crippen molar-refractivity contribution in [1.29, 1.82) is 0 Å². The zero-order valence-corrected chi connectivity index (χ0v) is 19.1. The molecule has 4 aliphatic rings. The van der Waals surface area contributed by atoms with E-state index in [-0.39, 0.29) is 23.7 Å². The van der Waals surface area contributed by atoms with Gasteiger partial charge in [0.15, 0.2) is 0 Å². The van der Waals surface area contributed by atoms with Gasteiger partial charge in [-0.05, 0) is 50.1 Å². The number of imide groups is 1. The highest BCUT2D eigenvalue weighted by Crippen LogP contribution is 2.43. The van der Waals surface area contributed by atoms with Crippen molar-refractivity contribution in [2.24, 2.45) is 11.8 Å². The van der Waals surface area contributed by atoms with E-state index in [2.05, 4.69) is 31.9 Å². The Labute approximate surface area is 194 Å². The number of piperazine rings is 1. The van der Waals surface area contributed by atoms with Gasteiger partial charge in [0, 0.05) is 38.3 Å². The van der Waals surface area contributed by atoms with Crippen LogP contribution in [0.15, 0.2) is 35.7 Å². The number of unbranched alkanes of at least 4 members (excludes halogenated alkanes) is 1. The molecule has 0 radical (unpaired) electrons. The van der Waals surface area contributed by atoms with Gasteiger partial charge in [-0.2, -0.15) is 0 Å². The number of amides is 2. The summed E-state index contributed by atoms with van der Waals surface area (Å²) < 4.78 is 0. The number of likely N-dealkylation sites (tertiary alicyclic amines) is 1. The zero-order valence-electron chi connectivity index (χ0n) is 18.4. The third-order valence-corrected chi connectivity index (χ3v) is 7.45. The normalized spacial score (nSPS) is 26.0. The fourth-order valence-corrected chi connectivity index (χ4v) is 5.67. The van der Waals surface area contributed by atoms with Crippen molar-refractivity contribution < 1.29 is 9.59 Å². The smallest absolute Gasteiger partial charge is 0.257 e. The molecule has 2 unspecified atom stereocenters. The molecule has 1 aromatic heterocycles. The van der Waals surface area contributed by atoms with Gasteiger partial charge in [-0.1, -0.05) is 30.2 Å². The van der Waals surface area contributed by atoms with Gasteiger partial charge in [-0.25, -0.2) is 4.98 Å². The lowest BCUT2D eigenvalue weighted by molar-refractivity contribution is -0.139. The van der Waals surface area contributed by atoms with Crippen molar-refractivity contribution in [2.45, 2.75) is 38.5 Å². The van der Waals surface area contributed by atoms with E-state index in [0.717, 1.165) is 88.2 Å². The molecule has 2 aliphatic heterocycles. The highest BCUT2D eigenvalue weighted by molar-refractivity contribution is 6.29. The van der Waals surface area contributed by atoms with E-state index in [0.29, 0.717) is 11.7 Å². The standard InChI is InChI=1S/C24H30ClN5O2/c25-19-15-26-16-20(27-19)29-13-11-28(12-14-29)9-3-4-10-30-23(31)21-17-5-1-2-6-18(8-7-17)22(21)24(30)32/h7-8,15-17,21H,1-6,9-14H2. The number of allylic oxidation sites excluding steroid dienone is 3. The molecule has 1 aromatic rings. The zero-order chi connectivity index (χ0) is 22.1. The number of carbonyl (C=O) groups excluding carboxylic acids is 2. The Hall–Kier alpha value is -2.25. The van der Waals surface area contributed by atoms with E-state index in [1.165, 1.54) is 0 Å². The molecule has 7 nitrogen and oxygen atoms in total. The Balaban J connectivity index is 1.10. The first-order valence-corrected chi connectivity index (χ1v) is 12.2. The minimum Gasteiger partial charge on any atom is -0.353 e. The Bertz CT molecular complexity index is 953. The molecule has 3 heterocycles. The highest BCUT2D eigenvalue weighted by atomic mass is 35.5. The first-order chi connectivity index (χ1) is 15.6. The van der Waals surface area contributed by atoms with Crippen LogP contribution in [0.2, 0.25) is 5.15 Å². The summed E-state index contributed by atoms with van der Waals surface area (Å²) >= 11 is 5.96. The maximum Gasteiger partial charge on any atom is 0.257 e. The van der Waals surface area contributed by atoms with Crippen molar-refractivity contribution in [2.75, 3.05) is 44.2 Å². The average molecular weight is 456 g/mol. The molecular weight excluding hydrogens is 426 g/mol. The van der Waals surface area contributed by atoms with Gasteiger partial charge in [0.25, 0.3) is 5.91 Å². The molecule has 2 bridgehead atoms. The molecule has 32 heavy (non-hydrogen) atoms. The summed E-state index contributed by atoms with van der Waals surface area (Å²) in [6, 6.07) is 0. The Morgan fingerprint density at radius 1 is 1.03 bits per heavy atom. The number of fused-ring (bicyclic) bond motifs is 4. The minimum absolute atomic E-state index is 0.0255. The summed E-state index contributed by atoms with van der Waals surface area (Å²) in [6.07, 6.45) is 13.6. The van der Waals surface area contributed by atoms with E-state index in [4.69, 9.17) is 11.6 Å². The number of anilines is 1. The summed E-state index contributed by atoms with van der Waals surface area (Å²) in [5, 5.41) is 0.419. The molecule has 0 aromatic carbocycles. The number of nitrogens with zero attached hydrogens (tertiary/aromatic N) is 5. The van der Waals surface area contributed by atoms with Gasteiger partial charge in [0.2, 0.25) is 5.91 Å². The van der Waals surface area contributed by atoms with Gasteiger partial charge in [-0.15, -0.1) is 0 Å². The van der Waals surface area contributed by atoms with E-state index in [1.54, 1.807) is 17.3 Å². The molecule has 2 saturated heterocycles. The molecule has 0 N–H and O–H groups in total. The van der Waals surface area contributed by atoms with Gasteiger partial charge in [0.05, 0.1) is 18.3 Å². The Morgan fingerprint density at radius 2 is 1.84 bits per heavy atom. The number of carbonyl (C=O) groups is 2. The van der Waals surface area contributed by atoms with Crippen LogP contribution in [-0.2, 0) is 9.59 Å². The number of aromatic nitrogens is 2. The van der Waals surface area contributed by atoms with Gasteiger partial charge >= 0.3 is 0 Å². The maximum absolute atomic E-state index is 13.1. The lowest BCUT2D eigenvalue weighted by atomic mass is 9.75. The SMILES string of the molecule is O=C1C2=C3C=CC(CCCC3)C2C(=O)N1CCCCN1CCN(c2cncc(Cl)n2)CC1. The average Bonchev–Trinajstić information content (AvgIpc) is 3.02. The van der Waals surface area contributed by atoms with Crippen LogP contribution in [-0.4, -0.2) is 70.9 Å². The van der Waals surface area contributed by atoms with Crippen molar-refractivity contribution in [3.05, 3.63) is 40.8 Å². The van der Waals surface area contributed by atoms with Crippen molar-refractivity contribution in [1.82, 2.24) is 19.8 Å². The summed E-state index contributed by atoms with van der Waals surface area (Å²) in [4.78, 5) is 40.8. The maximum atomic E-state index is 13.1. The van der Waals surface area contributed by atoms with E-state index in [9.17, 15) is 9.59 Å². The molecular formula is C24H30ClN5O2. The second-order valence-corrected chi connectivity index (χ2v) is 9.60. The molecule has 8 heteroatoms. The monoisotopic (exact) mass is 455 g/mol. The fourth-order valence-electron chi connectivity index (χ4n) is 5.52. The van der Waals surface area contributed by atoms with Crippen LogP contribution in [0, 0.1) is 11.8 Å². The summed E-state index contributed by atoms with van der Waals surface area (Å²) in [6.45, 7) is 5.22. The number of rotatable bonds is 6. The van der Waals surface area contributed by atoms with Crippen molar-refractivity contribution in [3.63, 3.8) is 0 Å². The van der Waals surface area contributed by atoms with Crippen LogP contribution in [0.4, 0.5) is 5.82 Å². The van der Waals surface area contributed by atoms with Crippen LogP contribution < -0.4 is 4.90 Å². The lowest BCUT2D eigenvalue weighted by Gasteiger charge is -2.35. The number of halogens is 1. The summed E-state index contributed by atoms with van der Waals surface area (Å²) in [7, 11) is 0. The van der Waals surface area contributed by atoms with Crippen LogP contribution in [0.1, 0.15) is 38.5 Å². The van der Waals surface area contributed by atoms with Gasteiger partial charge in [0.1, 0.15) is 11.0 Å². The highest BCUT2D eigenvalue weighted by Gasteiger charge is 2.48. The number of hydrogen-bond donors (Lipinski definition) is 0. The summed E-state index contributed by atoms with van der Waals surface area (Å²) in [5.41, 5.74) is 1.91. The van der Waals surface area contributed by atoms with Crippen molar-refractivity contribution >= 4 is 29.2 Å². The predicted octanol–water partition coefficient (Wildman–Crippen LogP) is 3.07. The van der Waals surface area contributed by atoms with Crippen LogP contribution in [0.5, 0.6) is 0 Å². The largest absolute Gasteiger partial charge is 0.353 e. The first kappa shape index (κ1) is 21.6. The lowest BCUT2D eigenvalue weighted by Crippen LogP contribution is -2.47. The Kier molecular flexibility index (Phi) is 6.28. The second-order valence-electron chi connectivity index (χ2n) is 9.22. The molecule has 2 fully saturated rings. The molecule has 0 spiro atoms. The van der Waals surface area contributed by atoms with Crippen LogP contribution >= 0.6 is 11.6 Å². The van der Waals surface area contributed by atoms with E-state index < -0.39 is 0 Å². The number of hydrogen-bond acceptors (Lipinski definition) is 6. The summed E-state index contributed by atoms with van der Waals surface area (Å²) in [5.74, 6) is 0.828. The van der Waals surface area contributed by atoms with E-state index in [1.807, 2.05) is 0 Å². The minimum atomic E-state index is -0.217. The molecule has 5 rings (SSSR count). The third kappa shape index (κ3) is 4.20. The molecule has 2 aliphatic carbocycles. The molecule has 170 valence electrons. The molecule has 0 saturated carbocycles. The second kappa shape index (κ2) is 9.32.